The number of sulfone groups is 1. The number of nitrogens with one attached hydrogen (secondary N) is 2. The maximum atomic E-state index is 13.0. The average Bonchev–Trinajstić information content (AvgIpc) is 3.09. The van der Waals surface area contributed by atoms with E-state index in [0.717, 1.165) is 6.07 Å². The van der Waals surface area contributed by atoms with Gasteiger partial charge in [0.2, 0.25) is 0 Å². The van der Waals surface area contributed by atoms with Crippen LogP contribution in [0.5, 0.6) is 0 Å². The van der Waals surface area contributed by atoms with Crippen LogP contribution < -0.4 is 11.0 Å². The van der Waals surface area contributed by atoms with Crippen LogP contribution in [0.4, 0.5) is 19.0 Å². The Kier molecular flexibility index (Phi) is 7.23. The quantitative estimate of drug-likeness (QED) is 0.474. The van der Waals surface area contributed by atoms with E-state index in [-0.39, 0.29) is 28.8 Å². The molecule has 3 rings (SSSR count). The van der Waals surface area contributed by atoms with E-state index < -0.39 is 32.5 Å². The van der Waals surface area contributed by atoms with Crippen molar-refractivity contribution in [1.29, 1.82) is 0 Å². The summed E-state index contributed by atoms with van der Waals surface area (Å²) in [5.74, 6) is 0.0477. The molecule has 0 unspecified atom stereocenters. The lowest BCUT2D eigenvalue weighted by Crippen LogP contribution is -2.23. The molecule has 2 aromatic heterocycles. The Hall–Kier alpha value is -2.79. The van der Waals surface area contributed by atoms with E-state index in [1.165, 1.54) is 23.6 Å². The molecule has 0 aliphatic carbocycles. The number of pyridine rings is 1. The lowest BCUT2D eigenvalue weighted by atomic mass is 10.2. The summed E-state index contributed by atoms with van der Waals surface area (Å²) in [6.45, 7) is 3.56. The number of benzene rings is 1. The number of nitrogens with zero attached hydrogens (tertiary/aromatic N) is 2. The van der Waals surface area contributed by atoms with E-state index in [4.69, 9.17) is 11.6 Å². The van der Waals surface area contributed by atoms with Crippen LogP contribution in [-0.4, -0.2) is 29.5 Å². The van der Waals surface area contributed by atoms with Gasteiger partial charge in [0.25, 0.3) is 0 Å². The van der Waals surface area contributed by atoms with Crippen LogP contribution in [0, 0.1) is 0 Å². The second-order valence-corrected chi connectivity index (χ2v) is 9.95. The predicted octanol–water partition coefficient (Wildman–Crippen LogP) is 4.45. The first-order chi connectivity index (χ1) is 15.5. The molecular formula is C21H22ClF3N4O3S. The smallest absolute Gasteiger partial charge is 0.367 e. The number of hydrogen-bond donors (Lipinski definition) is 2. The highest BCUT2D eigenvalue weighted by molar-refractivity contribution is 7.91. The molecule has 2 heterocycles. The number of anilines is 1. The van der Waals surface area contributed by atoms with Gasteiger partial charge in [-0.3, -0.25) is 4.57 Å². The molecule has 0 saturated heterocycles. The Bertz CT molecular complexity index is 1290. The van der Waals surface area contributed by atoms with E-state index in [1.54, 1.807) is 25.1 Å². The third kappa shape index (κ3) is 5.25. The minimum atomic E-state index is -4.56. The van der Waals surface area contributed by atoms with Gasteiger partial charge in [-0.15, -0.1) is 0 Å². The fourth-order valence-electron chi connectivity index (χ4n) is 3.46. The maximum absolute atomic E-state index is 13.0. The minimum absolute atomic E-state index is 0.0477. The molecule has 0 saturated carbocycles. The van der Waals surface area contributed by atoms with E-state index in [9.17, 15) is 26.4 Å². The average molecular weight is 503 g/mol. The first-order valence-corrected chi connectivity index (χ1v) is 12.0. The van der Waals surface area contributed by atoms with Crippen molar-refractivity contribution in [3.8, 4) is 0 Å². The number of halogens is 4. The number of rotatable bonds is 8. The molecule has 0 radical (unpaired) electrons. The van der Waals surface area contributed by atoms with Crippen molar-refractivity contribution in [2.24, 2.45) is 0 Å². The van der Waals surface area contributed by atoms with Gasteiger partial charge < -0.3 is 10.3 Å². The highest BCUT2D eigenvalue weighted by Gasteiger charge is 2.32. The highest BCUT2D eigenvalue weighted by Crippen LogP contribution is 2.32. The number of imidazole rings is 1. The van der Waals surface area contributed by atoms with Gasteiger partial charge in [0.05, 0.1) is 21.2 Å². The summed E-state index contributed by atoms with van der Waals surface area (Å²) in [7, 11) is -3.73. The van der Waals surface area contributed by atoms with Gasteiger partial charge in [0, 0.05) is 25.0 Å². The lowest BCUT2D eigenvalue weighted by Gasteiger charge is -2.15. The van der Waals surface area contributed by atoms with Crippen molar-refractivity contribution in [3.05, 3.63) is 75.1 Å². The zero-order chi connectivity index (χ0) is 24.4. The normalized spacial score (nSPS) is 13.2. The largest absolute Gasteiger partial charge is 0.417 e. The van der Waals surface area contributed by atoms with Gasteiger partial charge in [-0.05, 0) is 31.5 Å². The van der Waals surface area contributed by atoms with Crippen molar-refractivity contribution in [2.45, 2.75) is 43.1 Å². The lowest BCUT2D eigenvalue weighted by molar-refractivity contribution is -0.137. The van der Waals surface area contributed by atoms with Gasteiger partial charge in [0.15, 0.2) is 9.84 Å². The summed E-state index contributed by atoms with van der Waals surface area (Å²) >= 11 is 5.89. The Morgan fingerprint density at radius 3 is 2.48 bits per heavy atom. The number of alkyl halides is 3. The molecule has 3 aromatic rings. The summed E-state index contributed by atoms with van der Waals surface area (Å²) in [5.41, 5.74) is -0.617. The van der Waals surface area contributed by atoms with Crippen LogP contribution >= 0.6 is 11.6 Å². The molecule has 2 N–H and O–H groups in total. The van der Waals surface area contributed by atoms with Crippen molar-refractivity contribution in [3.63, 3.8) is 0 Å². The molecule has 0 aliphatic heterocycles. The van der Waals surface area contributed by atoms with Crippen molar-refractivity contribution < 1.29 is 21.6 Å². The molecule has 1 atom stereocenters. The van der Waals surface area contributed by atoms with Gasteiger partial charge in [-0.25, -0.2) is 18.2 Å². The molecule has 0 aliphatic rings. The van der Waals surface area contributed by atoms with Gasteiger partial charge in [0.1, 0.15) is 11.1 Å². The van der Waals surface area contributed by atoms with Crippen LogP contribution in [0.15, 0.2) is 52.3 Å². The van der Waals surface area contributed by atoms with Gasteiger partial charge >= 0.3 is 11.9 Å². The molecule has 0 spiro atoms. The molecule has 0 amide bonds. The van der Waals surface area contributed by atoms with Crippen LogP contribution in [0.3, 0.4) is 0 Å². The molecular weight excluding hydrogens is 481 g/mol. The van der Waals surface area contributed by atoms with Gasteiger partial charge in [-0.2, -0.15) is 13.2 Å². The number of aromatic nitrogens is 3. The van der Waals surface area contributed by atoms with Crippen LogP contribution in [-0.2, 0) is 29.0 Å². The molecule has 0 fully saturated rings. The summed E-state index contributed by atoms with van der Waals surface area (Å²) < 4.78 is 65.7. The first-order valence-electron chi connectivity index (χ1n) is 10.0. The Labute approximate surface area is 193 Å². The van der Waals surface area contributed by atoms with Crippen LogP contribution in [0.25, 0.3) is 0 Å². The number of aromatic amines is 1. The predicted molar refractivity (Wildman–Crippen MR) is 119 cm³/mol. The number of hydrogen-bond acceptors (Lipinski definition) is 5. The third-order valence-corrected chi connectivity index (χ3v) is 7.58. The Balaban J connectivity index is 1.80. The fourth-order valence-corrected chi connectivity index (χ4v) is 5.14. The van der Waals surface area contributed by atoms with Crippen LogP contribution in [0.2, 0.25) is 5.02 Å². The van der Waals surface area contributed by atoms with E-state index in [2.05, 4.69) is 15.3 Å². The Morgan fingerprint density at radius 2 is 1.91 bits per heavy atom. The molecule has 178 valence electrons. The Morgan fingerprint density at radius 1 is 1.24 bits per heavy atom. The standard InChI is InChI=1S/C21H22ClF3N4O3S/c1-3-17-18(13(2)33(31,32)15-7-5-4-6-8-15)28-20(30)29(17)10-9-26-19-16(22)11-14(12-27-19)21(23,24)25/h4-8,11-13H,3,9-10H2,1-2H3,(H,26,27)(H,28,30)/t13-/m0/s1. The third-order valence-electron chi connectivity index (χ3n) is 5.20. The van der Waals surface area contributed by atoms with E-state index in [0.29, 0.717) is 24.0 Å². The SMILES string of the molecule is CCc1c([C@H](C)S(=O)(=O)c2ccccc2)[nH]c(=O)n1CCNc1ncc(C(F)(F)F)cc1Cl. The molecule has 12 heteroatoms. The minimum Gasteiger partial charge on any atom is -0.367 e. The number of H-pyrrole nitrogens is 1. The highest BCUT2D eigenvalue weighted by atomic mass is 35.5. The molecule has 1 aromatic carbocycles. The zero-order valence-corrected chi connectivity index (χ0v) is 19.4. The van der Waals surface area contributed by atoms with Gasteiger partial charge in [-0.1, -0.05) is 36.7 Å². The summed E-state index contributed by atoms with van der Waals surface area (Å²) in [5, 5.41) is 1.62. The molecule has 33 heavy (non-hydrogen) atoms. The zero-order valence-electron chi connectivity index (χ0n) is 17.8. The van der Waals surface area contributed by atoms with Crippen molar-refractivity contribution in [1.82, 2.24) is 14.5 Å². The maximum Gasteiger partial charge on any atom is 0.417 e. The summed E-state index contributed by atoms with van der Waals surface area (Å²) in [6, 6.07) is 8.73. The second kappa shape index (κ2) is 9.60. The first kappa shape index (κ1) is 24.8. The molecule has 7 nitrogen and oxygen atoms in total. The second-order valence-electron chi connectivity index (χ2n) is 7.27. The molecule has 0 bridgehead atoms. The fraction of sp³-hybridized carbons (Fsp3) is 0.333. The summed E-state index contributed by atoms with van der Waals surface area (Å²) in [4.78, 5) is 19.1. The van der Waals surface area contributed by atoms with E-state index in [1.807, 2.05) is 0 Å². The van der Waals surface area contributed by atoms with E-state index >= 15 is 0 Å². The van der Waals surface area contributed by atoms with Crippen molar-refractivity contribution >= 4 is 27.3 Å². The van der Waals surface area contributed by atoms with Crippen molar-refractivity contribution in [2.75, 3.05) is 11.9 Å². The van der Waals surface area contributed by atoms with Crippen LogP contribution in [0.1, 0.15) is 36.0 Å². The summed E-state index contributed by atoms with van der Waals surface area (Å²) in [6.07, 6.45) is -3.50. The monoisotopic (exact) mass is 502 g/mol. The topological polar surface area (TPSA) is 96.9 Å².